The zero-order chi connectivity index (χ0) is 21.1. The van der Waals surface area contributed by atoms with Crippen LogP contribution in [-0.4, -0.2) is 81.6 Å². The van der Waals surface area contributed by atoms with Crippen LogP contribution in [0, 0.1) is 11.8 Å². The summed E-state index contributed by atoms with van der Waals surface area (Å²) in [5.74, 6) is 1.93. The number of nitrogens with one attached hydrogen (secondary N) is 2. The zero-order valence-corrected chi connectivity index (χ0v) is 18.3. The molecule has 0 bridgehead atoms. The molecule has 7 heteroatoms. The molecule has 7 nitrogen and oxygen atoms in total. The van der Waals surface area contributed by atoms with E-state index in [9.17, 15) is 9.59 Å². The van der Waals surface area contributed by atoms with Gasteiger partial charge >= 0.3 is 0 Å². The first-order chi connectivity index (χ1) is 14.0. The molecule has 0 spiro atoms. The molecule has 29 heavy (non-hydrogen) atoms. The third kappa shape index (κ3) is 8.19. The van der Waals surface area contributed by atoms with Crippen molar-refractivity contribution >= 4 is 11.8 Å². The molecule has 0 radical (unpaired) electrons. The molecule has 0 unspecified atom stereocenters. The van der Waals surface area contributed by atoms with Gasteiger partial charge in [0.1, 0.15) is 5.76 Å². The average Bonchev–Trinajstić information content (AvgIpc) is 2.74. The SMILES string of the molecule is CNC/C=C/C=C(/CN1CCC(C(=O)N2CCC(CNC(C)=O)CC2)CC1)OC. The lowest BCUT2D eigenvalue weighted by molar-refractivity contribution is -0.138. The molecule has 2 fully saturated rings. The van der Waals surface area contributed by atoms with Gasteiger partial charge in [0.05, 0.1) is 13.7 Å². The second-order valence-corrected chi connectivity index (χ2v) is 8.08. The summed E-state index contributed by atoms with van der Waals surface area (Å²) in [6, 6.07) is 0. The second kappa shape index (κ2) is 12.6. The Labute approximate surface area is 175 Å². The second-order valence-electron chi connectivity index (χ2n) is 8.08. The van der Waals surface area contributed by atoms with E-state index < -0.39 is 0 Å². The van der Waals surface area contributed by atoms with E-state index in [1.165, 1.54) is 0 Å². The van der Waals surface area contributed by atoms with E-state index in [1.54, 1.807) is 14.0 Å². The molecule has 0 aromatic rings. The van der Waals surface area contributed by atoms with Crippen LogP contribution in [-0.2, 0) is 14.3 Å². The minimum Gasteiger partial charge on any atom is -0.500 e. The van der Waals surface area contributed by atoms with E-state index in [-0.39, 0.29) is 11.8 Å². The summed E-state index contributed by atoms with van der Waals surface area (Å²) in [6.45, 7) is 7.40. The maximum atomic E-state index is 12.9. The predicted octanol–water partition coefficient (Wildman–Crippen LogP) is 1.38. The largest absolute Gasteiger partial charge is 0.500 e. The van der Waals surface area contributed by atoms with Crippen LogP contribution in [0.15, 0.2) is 24.0 Å². The zero-order valence-electron chi connectivity index (χ0n) is 18.3. The Morgan fingerprint density at radius 2 is 1.79 bits per heavy atom. The topological polar surface area (TPSA) is 73.9 Å². The average molecular weight is 407 g/mol. The molecular weight excluding hydrogens is 368 g/mol. The van der Waals surface area contributed by atoms with Gasteiger partial charge in [0.15, 0.2) is 0 Å². The number of likely N-dealkylation sites (tertiary alicyclic amines) is 2. The molecule has 0 aromatic heterocycles. The molecule has 0 aromatic carbocycles. The van der Waals surface area contributed by atoms with Crippen LogP contribution in [0.5, 0.6) is 0 Å². The molecule has 0 aliphatic carbocycles. The highest BCUT2D eigenvalue weighted by molar-refractivity contribution is 5.79. The fraction of sp³-hybridized carbons (Fsp3) is 0.727. The number of likely N-dealkylation sites (N-methyl/N-ethyl adjacent to an activating group) is 1. The summed E-state index contributed by atoms with van der Waals surface area (Å²) in [7, 11) is 3.63. The Morgan fingerprint density at radius 1 is 1.10 bits per heavy atom. The van der Waals surface area contributed by atoms with E-state index in [2.05, 4.69) is 21.6 Å². The maximum Gasteiger partial charge on any atom is 0.225 e. The fourth-order valence-electron chi connectivity index (χ4n) is 4.01. The summed E-state index contributed by atoms with van der Waals surface area (Å²) >= 11 is 0. The Bertz CT molecular complexity index is 575. The number of hydrogen-bond acceptors (Lipinski definition) is 5. The molecule has 2 aliphatic rings. The number of hydrogen-bond donors (Lipinski definition) is 2. The van der Waals surface area contributed by atoms with Gasteiger partial charge in [-0.15, -0.1) is 0 Å². The molecule has 2 amide bonds. The summed E-state index contributed by atoms with van der Waals surface area (Å²) in [5, 5.41) is 5.97. The van der Waals surface area contributed by atoms with Crippen LogP contribution in [0.2, 0.25) is 0 Å². The Balaban J connectivity index is 1.72. The van der Waals surface area contributed by atoms with Gasteiger partial charge in [0, 0.05) is 39.0 Å². The number of methoxy groups -OCH3 is 1. The third-order valence-corrected chi connectivity index (χ3v) is 5.88. The van der Waals surface area contributed by atoms with E-state index in [0.717, 1.165) is 77.3 Å². The monoisotopic (exact) mass is 406 g/mol. The van der Waals surface area contributed by atoms with Gasteiger partial charge in [-0.2, -0.15) is 0 Å². The lowest BCUT2D eigenvalue weighted by Crippen LogP contribution is -2.46. The fourth-order valence-corrected chi connectivity index (χ4v) is 4.01. The van der Waals surface area contributed by atoms with Crippen LogP contribution in [0.1, 0.15) is 32.6 Å². The third-order valence-electron chi connectivity index (χ3n) is 5.88. The van der Waals surface area contributed by atoms with E-state index in [4.69, 9.17) is 4.74 Å². The molecule has 2 saturated heterocycles. The Morgan fingerprint density at radius 3 is 2.38 bits per heavy atom. The molecular formula is C22H38N4O3. The van der Waals surface area contributed by atoms with Crippen LogP contribution in [0.4, 0.5) is 0 Å². The van der Waals surface area contributed by atoms with Crippen LogP contribution >= 0.6 is 0 Å². The predicted molar refractivity (Wildman–Crippen MR) is 115 cm³/mol. The van der Waals surface area contributed by atoms with Gasteiger partial charge < -0.3 is 20.3 Å². The van der Waals surface area contributed by atoms with Crippen molar-refractivity contribution in [2.75, 3.05) is 60.0 Å². The normalized spacial score (nSPS) is 20.2. The minimum atomic E-state index is 0.0238. The lowest BCUT2D eigenvalue weighted by Gasteiger charge is -2.37. The lowest BCUT2D eigenvalue weighted by atomic mass is 9.92. The van der Waals surface area contributed by atoms with Crippen molar-refractivity contribution in [3.63, 3.8) is 0 Å². The van der Waals surface area contributed by atoms with Gasteiger partial charge in [0.2, 0.25) is 11.8 Å². The number of amides is 2. The summed E-state index contributed by atoms with van der Waals surface area (Å²) in [5.41, 5.74) is 0. The number of rotatable bonds is 9. The van der Waals surface area contributed by atoms with Crippen molar-refractivity contribution < 1.29 is 14.3 Å². The summed E-state index contributed by atoms with van der Waals surface area (Å²) in [6.07, 6.45) is 9.88. The molecule has 2 N–H and O–H groups in total. The van der Waals surface area contributed by atoms with Crippen LogP contribution in [0.3, 0.4) is 0 Å². The smallest absolute Gasteiger partial charge is 0.225 e. The van der Waals surface area contributed by atoms with Gasteiger partial charge in [0.25, 0.3) is 0 Å². The number of ether oxygens (including phenoxy) is 1. The van der Waals surface area contributed by atoms with E-state index in [0.29, 0.717) is 11.8 Å². The highest BCUT2D eigenvalue weighted by Gasteiger charge is 2.31. The van der Waals surface area contributed by atoms with Gasteiger partial charge in [-0.25, -0.2) is 0 Å². The molecule has 2 heterocycles. The van der Waals surface area contributed by atoms with Gasteiger partial charge in [-0.1, -0.05) is 12.2 Å². The van der Waals surface area contributed by atoms with E-state index in [1.807, 2.05) is 24.1 Å². The quantitative estimate of drug-likeness (QED) is 0.447. The van der Waals surface area contributed by atoms with Crippen molar-refractivity contribution in [2.24, 2.45) is 11.8 Å². The number of piperidine rings is 2. The van der Waals surface area contributed by atoms with Crippen LogP contribution < -0.4 is 10.6 Å². The molecule has 2 aliphatic heterocycles. The molecule has 2 rings (SSSR count). The number of carbonyl (C=O) groups excluding carboxylic acids is 2. The Kier molecular flexibility index (Phi) is 10.2. The minimum absolute atomic E-state index is 0.0238. The van der Waals surface area contributed by atoms with Crippen molar-refractivity contribution in [2.45, 2.75) is 32.6 Å². The van der Waals surface area contributed by atoms with Crippen LogP contribution in [0.25, 0.3) is 0 Å². The standard InChI is InChI=1S/C22H38N4O3/c1-18(27)24-16-19-7-14-26(15-8-19)22(28)20-9-12-25(13-10-20)17-21(29-3)6-4-5-11-23-2/h4-6,19-20,23H,7-17H2,1-3H3,(H,24,27)/b5-4+,21-6-. The first-order valence-electron chi connectivity index (χ1n) is 10.8. The number of carbonyl (C=O) groups is 2. The number of allylic oxidation sites excluding steroid dienone is 2. The summed E-state index contributed by atoms with van der Waals surface area (Å²) < 4.78 is 5.49. The van der Waals surface area contributed by atoms with E-state index >= 15 is 0 Å². The first-order valence-corrected chi connectivity index (χ1v) is 10.8. The highest BCUT2D eigenvalue weighted by atomic mass is 16.5. The molecule has 0 atom stereocenters. The number of nitrogens with zero attached hydrogens (tertiary/aromatic N) is 2. The van der Waals surface area contributed by atoms with Gasteiger partial charge in [-0.3, -0.25) is 14.5 Å². The van der Waals surface area contributed by atoms with Gasteiger partial charge in [-0.05, 0) is 57.8 Å². The maximum absolute atomic E-state index is 12.9. The van der Waals surface area contributed by atoms with Crippen molar-refractivity contribution in [3.05, 3.63) is 24.0 Å². The molecule has 0 saturated carbocycles. The summed E-state index contributed by atoms with van der Waals surface area (Å²) in [4.78, 5) is 28.4. The first kappa shape index (κ1) is 23.4. The van der Waals surface area contributed by atoms with Crippen molar-refractivity contribution in [1.82, 2.24) is 20.4 Å². The van der Waals surface area contributed by atoms with Crippen molar-refractivity contribution in [3.8, 4) is 0 Å². The Hall–Kier alpha value is -1.86. The molecule has 164 valence electrons. The highest BCUT2D eigenvalue weighted by Crippen LogP contribution is 2.24. The van der Waals surface area contributed by atoms with Crippen molar-refractivity contribution in [1.29, 1.82) is 0 Å².